The number of hydrogen-bond donors (Lipinski definition) is 6. The molecular formula is C32H36N4O8. The molecule has 0 bridgehead atoms. The lowest BCUT2D eigenvalue weighted by Gasteiger charge is -2.50. The standard InChI is InChI=1S/C32H36N4O8/c1-35(2)20-14-19(34-11-10-21(37)15-8-6-5-7-9-15)26(38)23-17(20)12-16-13-18-25(36(3)4)28(40)24(31(33)43)30(42)32(18,44)29(41)22(16)27(23)39/h5-9,14,16,18,25,34,38-39,42,44H,10-13H2,1-4H3,(H2,33,43)/t16-,18+,25+,32+/m0/s1. The second kappa shape index (κ2) is 11.1. The number of nitrogens with two attached hydrogens (primary N) is 1. The molecule has 5 rings (SSSR count). The maximum absolute atomic E-state index is 14.1. The minimum Gasteiger partial charge on any atom is -0.508 e. The summed E-state index contributed by atoms with van der Waals surface area (Å²) in [6.45, 7) is 0.168. The maximum Gasteiger partial charge on any atom is 0.255 e. The summed E-state index contributed by atoms with van der Waals surface area (Å²) in [4.78, 5) is 55.4. The number of Topliss-reactive ketones (excluding diaryl/α,β-unsaturated/α-hetero) is 3. The van der Waals surface area contributed by atoms with Crippen molar-refractivity contribution >= 4 is 40.4 Å². The molecule has 0 heterocycles. The number of anilines is 2. The molecule has 1 amide bonds. The van der Waals surface area contributed by atoms with Crippen LogP contribution in [0, 0.1) is 11.8 Å². The highest BCUT2D eigenvalue weighted by Gasteiger charge is 2.64. The highest BCUT2D eigenvalue weighted by atomic mass is 16.3. The molecule has 3 aliphatic carbocycles. The molecule has 0 aromatic heterocycles. The van der Waals surface area contributed by atoms with Gasteiger partial charge in [-0.25, -0.2) is 0 Å². The number of carbonyl (C=O) groups is 4. The molecule has 2 aromatic carbocycles. The van der Waals surface area contributed by atoms with Gasteiger partial charge in [-0.1, -0.05) is 30.3 Å². The van der Waals surface area contributed by atoms with E-state index >= 15 is 0 Å². The number of hydrogen-bond acceptors (Lipinski definition) is 11. The number of amides is 1. The summed E-state index contributed by atoms with van der Waals surface area (Å²) in [6.07, 6.45) is 0.294. The first-order chi connectivity index (χ1) is 20.7. The van der Waals surface area contributed by atoms with E-state index in [4.69, 9.17) is 5.73 Å². The fraction of sp³-hybridized carbons (Fsp3) is 0.375. The Labute approximate surface area is 254 Å². The number of ketones is 3. The predicted octanol–water partition coefficient (Wildman–Crippen LogP) is 1.71. The molecule has 1 fully saturated rings. The van der Waals surface area contributed by atoms with Crippen LogP contribution >= 0.6 is 0 Å². The molecular weight excluding hydrogens is 568 g/mol. The number of primary amides is 1. The van der Waals surface area contributed by atoms with Crippen LogP contribution in [0.5, 0.6) is 5.75 Å². The van der Waals surface area contributed by atoms with E-state index in [2.05, 4.69) is 5.32 Å². The SMILES string of the molecule is CN(C)c1cc(NCCC(=O)c2ccccc2)c(O)c2c1C[C@H]1C[C@@H]3[C@@H](N(C)C)C(=O)C(C(N)=O)=C(O)[C@]3(O)C(=O)C1=C2O. The zero-order valence-electron chi connectivity index (χ0n) is 24.9. The van der Waals surface area contributed by atoms with Gasteiger partial charge in [0.1, 0.15) is 22.8 Å². The van der Waals surface area contributed by atoms with Crippen LogP contribution in [0.1, 0.15) is 34.3 Å². The van der Waals surface area contributed by atoms with Gasteiger partial charge in [0.15, 0.2) is 17.2 Å². The Kier molecular flexibility index (Phi) is 7.77. The van der Waals surface area contributed by atoms with E-state index in [-0.39, 0.29) is 54.2 Å². The van der Waals surface area contributed by atoms with Crippen LogP contribution in [0.2, 0.25) is 0 Å². The van der Waals surface area contributed by atoms with Gasteiger partial charge in [-0.3, -0.25) is 24.1 Å². The zero-order chi connectivity index (χ0) is 32.2. The fourth-order valence-corrected chi connectivity index (χ4v) is 6.90. The van der Waals surface area contributed by atoms with Crippen molar-refractivity contribution in [1.29, 1.82) is 0 Å². The number of phenols is 1. The van der Waals surface area contributed by atoms with Gasteiger partial charge in [-0.15, -0.1) is 0 Å². The molecule has 1 saturated carbocycles. The first kappa shape index (κ1) is 30.8. The summed E-state index contributed by atoms with van der Waals surface area (Å²) in [5, 5.41) is 48.9. The molecule has 12 heteroatoms. The van der Waals surface area contributed by atoms with Crippen LogP contribution in [0.3, 0.4) is 0 Å². The summed E-state index contributed by atoms with van der Waals surface area (Å²) in [5.74, 6) is -7.17. The van der Waals surface area contributed by atoms with Crippen LogP contribution in [-0.2, 0) is 20.8 Å². The summed E-state index contributed by atoms with van der Waals surface area (Å²) in [5.41, 5.74) is 3.51. The molecule has 2 aromatic rings. The number of phenolic OH excluding ortho intramolecular Hbond substituents is 1. The Balaban J connectivity index is 1.59. The highest BCUT2D eigenvalue weighted by molar-refractivity contribution is 6.24. The number of nitrogens with one attached hydrogen (secondary N) is 1. The second-order valence-corrected chi connectivity index (χ2v) is 12.0. The van der Waals surface area contributed by atoms with Crippen molar-refractivity contribution in [2.45, 2.75) is 30.9 Å². The van der Waals surface area contributed by atoms with E-state index in [1.54, 1.807) is 63.4 Å². The number of nitrogens with zero attached hydrogens (tertiary/aromatic N) is 2. The van der Waals surface area contributed by atoms with E-state index in [0.717, 1.165) is 0 Å². The summed E-state index contributed by atoms with van der Waals surface area (Å²) >= 11 is 0. The van der Waals surface area contributed by atoms with Gasteiger partial charge >= 0.3 is 0 Å². The van der Waals surface area contributed by atoms with Gasteiger partial charge in [0.05, 0.1) is 17.3 Å². The van der Waals surface area contributed by atoms with Crippen molar-refractivity contribution in [2.24, 2.45) is 17.6 Å². The monoisotopic (exact) mass is 604 g/mol. The summed E-state index contributed by atoms with van der Waals surface area (Å²) < 4.78 is 0. The van der Waals surface area contributed by atoms with Gasteiger partial charge in [-0.05, 0) is 44.5 Å². The Bertz CT molecular complexity index is 1640. The lowest BCUT2D eigenvalue weighted by atomic mass is 9.57. The number of aliphatic hydroxyl groups excluding tert-OH is 2. The van der Waals surface area contributed by atoms with E-state index in [9.17, 15) is 39.6 Å². The number of aliphatic hydroxyl groups is 3. The van der Waals surface area contributed by atoms with Crippen molar-refractivity contribution in [1.82, 2.24) is 4.90 Å². The fourth-order valence-electron chi connectivity index (χ4n) is 6.90. The van der Waals surface area contributed by atoms with Crippen LogP contribution in [-0.4, -0.2) is 95.0 Å². The number of carbonyl (C=O) groups excluding carboxylic acids is 4. The predicted molar refractivity (Wildman–Crippen MR) is 162 cm³/mol. The van der Waals surface area contributed by atoms with Gasteiger partial charge < -0.3 is 36.4 Å². The molecule has 4 atom stereocenters. The van der Waals surface area contributed by atoms with Gasteiger partial charge in [0.2, 0.25) is 5.78 Å². The third kappa shape index (κ3) is 4.61. The zero-order valence-corrected chi connectivity index (χ0v) is 24.9. The van der Waals surface area contributed by atoms with Crippen LogP contribution in [0.4, 0.5) is 11.4 Å². The summed E-state index contributed by atoms with van der Waals surface area (Å²) in [6, 6.07) is 9.32. The van der Waals surface area contributed by atoms with Crippen molar-refractivity contribution in [3.05, 3.63) is 70.0 Å². The van der Waals surface area contributed by atoms with Crippen molar-refractivity contribution < 1.29 is 39.6 Å². The average Bonchev–Trinajstić information content (AvgIpc) is 2.96. The Morgan fingerprint density at radius 2 is 1.73 bits per heavy atom. The molecule has 12 nitrogen and oxygen atoms in total. The molecule has 0 radical (unpaired) electrons. The van der Waals surface area contributed by atoms with Crippen molar-refractivity contribution in [2.75, 3.05) is 45.0 Å². The number of benzene rings is 2. The quantitative estimate of drug-likeness (QED) is 0.146. The number of rotatable bonds is 8. The van der Waals surface area contributed by atoms with E-state index in [1.807, 2.05) is 6.07 Å². The third-order valence-corrected chi connectivity index (χ3v) is 8.94. The van der Waals surface area contributed by atoms with Gasteiger partial charge in [0.25, 0.3) is 5.91 Å². The minimum absolute atomic E-state index is 0.000983. The van der Waals surface area contributed by atoms with Crippen LogP contribution in [0.15, 0.2) is 53.3 Å². The van der Waals surface area contributed by atoms with E-state index < -0.39 is 58.0 Å². The first-order valence-corrected chi connectivity index (χ1v) is 14.2. The number of likely N-dealkylation sites (N-methyl/N-ethyl adjacent to an activating group) is 1. The average molecular weight is 605 g/mol. The number of fused-ring (bicyclic) bond motifs is 3. The maximum atomic E-state index is 14.1. The van der Waals surface area contributed by atoms with Crippen molar-refractivity contribution in [3.63, 3.8) is 0 Å². The van der Waals surface area contributed by atoms with Crippen LogP contribution < -0.4 is 16.0 Å². The topological polar surface area (TPSA) is 194 Å². The molecule has 44 heavy (non-hydrogen) atoms. The Hall–Kier alpha value is -4.68. The Morgan fingerprint density at radius 3 is 2.32 bits per heavy atom. The van der Waals surface area contributed by atoms with E-state index in [1.165, 1.54) is 4.90 Å². The van der Waals surface area contributed by atoms with Gasteiger partial charge in [-0.2, -0.15) is 0 Å². The molecule has 0 aliphatic heterocycles. The minimum atomic E-state index is -2.71. The van der Waals surface area contributed by atoms with E-state index in [0.29, 0.717) is 16.8 Å². The lowest BCUT2D eigenvalue weighted by Crippen LogP contribution is -2.65. The number of aromatic hydroxyl groups is 1. The van der Waals surface area contributed by atoms with Crippen molar-refractivity contribution in [3.8, 4) is 5.75 Å². The molecule has 0 saturated heterocycles. The molecule has 0 unspecified atom stereocenters. The molecule has 0 spiro atoms. The highest BCUT2D eigenvalue weighted by Crippen LogP contribution is 2.54. The smallest absolute Gasteiger partial charge is 0.255 e. The summed E-state index contributed by atoms with van der Waals surface area (Å²) in [7, 11) is 6.67. The van der Waals surface area contributed by atoms with Crippen LogP contribution in [0.25, 0.3) is 5.76 Å². The molecule has 232 valence electrons. The first-order valence-electron chi connectivity index (χ1n) is 14.2. The Morgan fingerprint density at radius 1 is 1.07 bits per heavy atom. The molecule has 3 aliphatic rings. The third-order valence-electron chi connectivity index (χ3n) is 8.94. The lowest BCUT2D eigenvalue weighted by molar-refractivity contribution is -0.153. The largest absolute Gasteiger partial charge is 0.508 e. The molecule has 7 N–H and O–H groups in total. The second-order valence-electron chi connectivity index (χ2n) is 12.0. The van der Waals surface area contributed by atoms with Gasteiger partial charge in [0, 0.05) is 49.8 Å². The normalized spacial score (nSPS) is 24.5.